The van der Waals surface area contributed by atoms with Crippen molar-refractivity contribution in [3.8, 4) is 0 Å². The summed E-state index contributed by atoms with van der Waals surface area (Å²) in [4.78, 5) is 6.33. The summed E-state index contributed by atoms with van der Waals surface area (Å²) >= 11 is 0. The smallest absolute Gasteiger partial charge is 0.0716 e. The monoisotopic (exact) mass is 221 g/mol. The number of rotatable bonds is 4. The molecule has 1 aliphatic rings. The standard InChI is InChI=1S/C12H19N3O/c1-15(11-3-2-5-13-9-11)7-4-12-10-14-6-8-16-12/h2-3,5,9,12,14H,4,6-8,10H2,1H3. The minimum Gasteiger partial charge on any atom is -0.376 e. The zero-order chi connectivity index (χ0) is 11.2. The molecule has 1 saturated heterocycles. The van der Waals surface area contributed by atoms with Crippen molar-refractivity contribution in [1.29, 1.82) is 0 Å². The number of hydrogen-bond acceptors (Lipinski definition) is 4. The Hall–Kier alpha value is -1.13. The Morgan fingerprint density at radius 1 is 1.62 bits per heavy atom. The van der Waals surface area contributed by atoms with E-state index in [2.05, 4.69) is 28.3 Å². The molecule has 1 aromatic rings. The second-order valence-electron chi connectivity index (χ2n) is 4.12. The Balaban J connectivity index is 1.77. The SMILES string of the molecule is CN(CCC1CNCCO1)c1cccnc1. The number of nitrogens with zero attached hydrogens (tertiary/aromatic N) is 2. The predicted octanol–water partition coefficient (Wildman–Crippen LogP) is 0.896. The highest BCUT2D eigenvalue weighted by molar-refractivity contribution is 5.42. The topological polar surface area (TPSA) is 37.4 Å². The fourth-order valence-electron chi connectivity index (χ4n) is 1.85. The Kier molecular flexibility index (Phi) is 4.13. The van der Waals surface area contributed by atoms with Gasteiger partial charge in [-0.2, -0.15) is 0 Å². The van der Waals surface area contributed by atoms with Gasteiger partial charge in [-0.15, -0.1) is 0 Å². The molecule has 2 rings (SSSR count). The van der Waals surface area contributed by atoms with Gasteiger partial charge in [0.1, 0.15) is 0 Å². The zero-order valence-electron chi connectivity index (χ0n) is 9.72. The van der Waals surface area contributed by atoms with Crippen molar-refractivity contribution in [3.05, 3.63) is 24.5 Å². The Bertz CT molecular complexity index is 298. The van der Waals surface area contributed by atoms with Crippen molar-refractivity contribution in [3.63, 3.8) is 0 Å². The number of aromatic nitrogens is 1. The van der Waals surface area contributed by atoms with Crippen LogP contribution in [0.2, 0.25) is 0 Å². The first-order chi connectivity index (χ1) is 7.86. The number of anilines is 1. The van der Waals surface area contributed by atoms with Gasteiger partial charge >= 0.3 is 0 Å². The lowest BCUT2D eigenvalue weighted by Gasteiger charge is -2.26. The quantitative estimate of drug-likeness (QED) is 0.819. The van der Waals surface area contributed by atoms with E-state index in [4.69, 9.17) is 4.74 Å². The van der Waals surface area contributed by atoms with Crippen molar-refractivity contribution >= 4 is 5.69 Å². The van der Waals surface area contributed by atoms with Gasteiger partial charge in [-0.25, -0.2) is 0 Å². The lowest BCUT2D eigenvalue weighted by Crippen LogP contribution is -2.40. The summed E-state index contributed by atoms with van der Waals surface area (Å²) in [6.07, 6.45) is 5.09. The highest BCUT2D eigenvalue weighted by atomic mass is 16.5. The molecule has 4 heteroatoms. The summed E-state index contributed by atoms with van der Waals surface area (Å²) in [6.45, 7) is 3.79. The third kappa shape index (κ3) is 3.18. The average Bonchev–Trinajstić information content (AvgIpc) is 2.38. The summed E-state index contributed by atoms with van der Waals surface area (Å²) in [6, 6.07) is 4.04. The highest BCUT2D eigenvalue weighted by Gasteiger charge is 2.13. The van der Waals surface area contributed by atoms with Crippen LogP contribution >= 0.6 is 0 Å². The first-order valence-corrected chi connectivity index (χ1v) is 5.80. The molecular formula is C12H19N3O. The molecule has 0 aliphatic carbocycles. The Labute approximate surface area is 96.6 Å². The van der Waals surface area contributed by atoms with Crippen LogP contribution in [0.1, 0.15) is 6.42 Å². The van der Waals surface area contributed by atoms with Gasteiger partial charge in [-0.1, -0.05) is 0 Å². The third-order valence-electron chi connectivity index (χ3n) is 2.88. The molecule has 16 heavy (non-hydrogen) atoms. The van der Waals surface area contributed by atoms with Crippen LogP contribution in [0.25, 0.3) is 0 Å². The van der Waals surface area contributed by atoms with Crippen molar-refractivity contribution in [2.45, 2.75) is 12.5 Å². The van der Waals surface area contributed by atoms with E-state index in [1.54, 1.807) is 6.20 Å². The maximum Gasteiger partial charge on any atom is 0.0716 e. The van der Waals surface area contributed by atoms with Crippen LogP contribution in [-0.4, -0.2) is 44.4 Å². The van der Waals surface area contributed by atoms with E-state index in [0.29, 0.717) is 6.10 Å². The van der Waals surface area contributed by atoms with E-state index in [1.165, 1.54) is 0 Å². The van der Waals surface area contributed by atoms with Gasteiger partial charge in [-0.3, -0.25) is 4.98 Å². The van der Waals surface area contributed by atoms with Gasteiger partial charge < -0.3 is 15.0 Å². The van der Waals surface area contributed by atoms with Crippen LogP contribution < -0.4 is 10.2 Å². The third-order valence-corrected chi connectivity index (χ3v) is 2.88. The van der Waals surface area contributed by atoms with Crippen LogP contribution in [-0.2, 0) is 4.74 Å². The minimum atomic E-state index is 0.355. The first kappa shape index (κ1) is 11.4. The first-order valence-electron chi connectivity index (χ1n) is 5.80. The number of pyridine rings is 1. The number of hydrogen-bond donors (Lipinski definition) is 1. The molecular weight excluding hydrogens is 202 g/mol. The van der Waals surface area contributed by atoms with Gasteiger partial charge in [0.25, 0.3) is 0 Å². The molecule has 0 saturated carbocycles. The van der Waals surface area contributed by atoms with E-state index in [1.807, 2.05) is 12.3 Å². The molecule has 0 amide bonds. The van der Waals surface area contributed by atoms with Crippen molar-refractivity contribution in [2.24, 2.45) is 0 Å². The predicted molar refractivity (Wildman–Crippen MR) is 64.7 cm³/mol. The summed E-state index contributed by atoms with van der Waals surface area (Å²) in [5, 5.41) is 3.34. The molecule has 0 spiro atoms. The molecule has 88 valence electrons. The van der Waals surface area contributed by atoms with Crippen LogP contribution in [0.3, 0.4) is 0 Å². The van der Waals surface area contributed by atoms with Gasteiger partial charge in [0.15, 0.2) is 0 Å². The van der Waals surface area contributed by atoms with Crippen molar-refractivity contribution < 1.29 is 4.74 Å². The molecule has 0 bridgehead atoms. The molecule has 1 aromatic heterocycles. The molecule has 1 unspecified atom stereocenters. The van der Waals surface area contributed by atoms with Crippen molar-refractivity contribution in [1.82, 2.24) is 10.3 Å². The zero-order valence-corrected chi connectivity index (χ0v) is 9.72. The molecule has 1 aliphatic heterocycles. The maximum atomic E-state index is 5.66. The summed E-state index contributed by atoms with van der Waals surface area (Å²) in [5.74, 6) is 0. The number of nitrogens with one attached hydrogen (secondary N) is 1. The molecule has 1 N–H and O–H groups in total. The number of ether oxygens (including phenoxy) is 1. The van der Waals surface area contributed by atoms with Crippen LogP contribution in [0, 0.1) is 0 Å². The molecule has 0 aromatic carbocycles. The molecule has 2 heterocycles. The molecule has 1 atom stereocenters. The van der Waals surface area contributed by atoms with Crippen LogP contribution in [0.5, 0.6) is 0 Å². The van der Waals surface area contributed by atoms with Gasteiger partial charge in [0.05, 0.1) is 24.6 Å². The fourth-order valence-corrected chi connectivity index (χ4v) is 1.85. The average molecular weight is 221 g/mol. The van der Waals surface area contributed by atoms with E-state index in [-0.39, 0.29) is 0 Å². The molecule has 1 fully saturated rings. The van der Waals surface area contributed by atoms with E-state index in [0.717, 1.165) is 38.3 Å². The van der Waals surface area contributed by atoms with Gasteiger partial charge in [0.2, 0.25) is 0 Å². The Morgan fingerprint density at radius 2 is 2.56 bits per heavy atom. The summed E-state index contributed by atoms with van der Waals surface area (Å²) in [7, 11) is 2.09. The van der Waals surface area contributed by atoms with Gasteiger partial charge in [-0.05, 0) is 18.6 Å². The second kappa shape index (κ2) is 5.82. The van der Waals surface area contributed by atoms with Gasteiger partial charge in [0, 0.05) is 32.9 Å². The fraction of sp³-hybridized carbons (Fsp3) is 0.583. The highest BCUT2D eigenvalue weighted by Crippen LogP contribution is 2.11. The lowest BCUT2D eigenvalue weighted by atomic mass is 10.2. The van der Waals surface area contributed by atoms with E-state index >= 15 is 0 Å². The lowest BCUT2D eigenvalue weighted by molar-refractivity contribution is 0.0250. The normalized spacial score (nSPS) is 20.7. The van der Waals surface area contributed by atoms with Crippen LogP contribution in [0.15, 0.2) is 24.5 Å². The van der Waals surface area contributed by atoms with E-state index in [9.17, 15) is 0 Å². The minimum absolute atomic E-state index is 0.355. The maximum absolute atomic E-state index is 5.66. The molecule has 4 nitrogen and oxygen atoms in total. The van der Waals surface area contributed by atoms with Crippen molar-refractivity contribution in [2.75, 3.05) is 38.2 Å². The summed E-state index contributed by atoms with van der Waals surface area (Å²) in [5.41, 5.74) is 1.16. The largest absolute Gasteiger partial charge is 0.376 e. The van der Waals surface area contributed by atoms with E-state index < -0.39 is 0 Å². The van der Waals surface area contributed by atoms with Crippen LogP contribution in [0.4, 0.5) is 5.69 Å². The second-order valence-corrected chi connectivity index (χ2v) is 4.12. The number of morpholine rings is 1. The summed E-state index contributed by atoms with van der Waals surface area (Å²) < 4.78 is 5.66. The Morgan fingerprint density at radius 3 is 3.25 bits per heavy atom. The molecule has 0 radical (unpaired) electrons.